The number of halogens is 1. The monoisotopic (exact) mass is 348 g/mol. The molecule has 0 aromatic heterocycles. The maximum Gasteiger partial charge on any atom is 0.259 e. The maximum atomic E-state index is 13.7. The lowest BCUT2D eigenvalue weighted by atomic mass is 10.1. The standard InChI is InChI=1S/C20H13FN2O3/c21-15-6-2-1-5-13(15)19(24)22-12-9-10-17-14(11-12)20(25)23-16-7-3-4-8-18(16)26-17/h1-11H,(H,22,24)(H,23,25). The minimum absolute atomic E-state index is 0.0736. The van der Waals surface area contributed by atoms with E-state index in [4.69, 9.17) is 4.74 Å². The van der Waals surface area contributed by atoms with E-state index in [1.54, 1.807) is 42.5 Å². The molecule has 1 heterocycles. The van der Waals surface area contributed by atoms with Crippen molar-refractivity contribution in [3.63, 3.8) is 0 Å². The predicted octanol–water partition coefficient (Wildman–Crippen LogP) is 4.44. The number of carbonyl (C=O) groups excluding carboxylic acids is 2. The third-order valence-electron chi connectivity index (χ3n) is 3.96. The Labute approximate surface area is 148 Å². The lowest BCUT2D eigenvalue weighted by molar-refractivity contribution is 0.101. The Bertz CT molecular complexity index is 1030. The van der Waals surface area contributed by atoms with Crippen molar-refractivity contribution in [2.75, 3.05) is 10.6 Å². The second-order valence-corrected chi connectivity index (χ2v) is 5.70. The third-order valence-corrected chi connectivity index (χ3v) is 3.96. The van der Waals surface area contributed by atoms with E-state index >= 15 is 0 Å². The van der Waals surface area contributed by atoms with E-state index in [9.17, 15) is 14.0 Å². The Balaban J connectivity index is 1.64. The quantitative estimate of drug-likeness (QED) is 0.720. The number of hydrogen-bond acceptors (Lipinski definition) is 3. The summed E-state index contributed by atoms with van der Waals surface area (Å²) in [5.41, 5.74) is 1.12. The van der Waals surface area contributed by atoms with Crippen LogP contribution in [-0.2, 0) is 0 Å². The molecule has 3 aromatic rings. The van der Waals surface area contributed by atoms with Crippen LogP contribution in [0.3, 0.4) is 0 Å². The molecule has 4 rings (SSSR count). The molecule has 128 valence electrons. The Kier molecular flexibility index (Phi) is 3.85. The summed E-state index contributed by atoms with van der Waals surface area (Å²) >= 11 is 0. The fourth-order valence-electron chi connectivity index (χ4n) is 2.68. The number of para-hydroxylation sites is 2. The molecule has 0 unspecified atom stereocenters. The second kappa shape index (κ2) is 6.33. The van der Waals surface area contributed by atoms with Crippen LogP contribution in [0.15, 0.2) is 66.7 Å². The van der Waals surface area contributed by atoms with Gasteiger partial charge in [-0.15, -0.1) is 0 Å². The summed E-state index contributed by atoms with van der Waals surface area (Å²) in [5.74, 6) is -0.663. The van der Waals surface area contributed by atoms with Crippen LogP contribution in [0.4, 0.5) is 15.8 Å². The fourth-order valence-corrected chi connectivity index (χ4v) is 2.68. The van der Waals surface area contributed by atoms with Crippen molar-refractivity contribution in [1.29, 1.82) is 0 Å². The Morgan fingerprint density at radius 1 is 0.962 bits per heavy atom. The van der Waals surface area contributed by atoms with Gasteiger partial charge >= 0.3 is 0 Å². The first-order valence-corrected chi connectivity index (χ1v) is 7.90. The topological polar surface area (TPSA) is 67.4 Å². The molecule has 0 bridgehead atoms. The summed E-state index contributed by atoms with van der Waals surface area (Å²) in [7, 11) is 0. The number of fused-ring (bicyclic) bond motifs is 2. The van der Waals surface area contributed by atoms with Gasteiger partial charge in [-0.05, 0) is 42.5 Å². The number of amides is 2. The summed E-state index contributed by atoms with van der Waals surface area (Å²) in [4.78, 5) is 24.7. The van der Waals surface area contributed by atoms with Crippen LogP contribution in [0.25, 0.3) is 0 Å². The third kappa shape index (κ3) is 2.88. The Morgan fingerprint density at radius 2 is 1.73 bits per heavy atom. The van der Waals surface area contributed by atoms with Gasteiger partial charge in [-0.1, -0.05) is 24.3 Å². The van der Waals surface area contributed by atoms with Crippen molar-refractivity contribution in [2.24, 2.45) is 0 Å². The van der Waals surface area contributed by atoms with Crippen molar-refractivity contribution in [2.45, 2.75) is 0 Å². The van der Waals surface area contributed by atoms with E-state index in [0.29, 0.717) is 22.9 Å². The highest BCUT2D eigenvalue weighted by atomic mass is 19.1. The largest absolute Gasteiger partial charge is 0.454 e. The van der Waals surface area contributed by atoms with Gasteiger partial charge in [-0.3, -0.25) is 9.59 Å². The Morgan fingerprint density at radius 3 is 2.58 bits per heavy atom. The van der Waals surface area contributed by atoms with Crippen LogP contribution >= 0.6 is 0 Å². The minimum atomic E-state index is -0.615. The van der Waals surface area contributed by atoms with Gasteiger partial charge in [0.1, 0.15) is 11.6 Å². The van der Waals surface area contributed by atoms with Crippen molar-refractivity contribution < 1.29 is 18.7 Å². The molecule has 6 heteroatoms. The van der Waals surface area contributed by atoms with Crippen molar-refractivity contribution in [1.82, 2.24) is 0 Å². The van der Waals surface area contributed by atoms with Crippen LogP contribution in [-0.4, -0.2) is 11.8 Å². The number of hydrogen-bond donors (Lipinski definition) is 2. The van der Waals surface area contributed by atoms with Gasteiger partial charge in [-0.2, -0.15) is 0 Å². The highest BCUT2D eigenvalue weighted by Gasteiger charge is 2.21. The first-order chi connectivity index (χ1) is 12.6. The molecule has 2 amide bonds. The highest BCUT2D eigenvalue weighted by molar-refractivity contribution is 6.10. The lowest BCUT2D eigenvalue weighted by Gasteiger charge is -2.10. The van der Waals surface area contributed by atoms with E-state index in [-0.39, 0.29) is 17.0 Å². The van der Waals surface area contributed by atoms with E-state index < -0.39 is 11.7 Å². The van der Waals surface area contributed by atoms with Crippen LogP contribution in [0.5, 0.6) is 11.5 Å². The molecule has 5 nitrogen and oxygen atoms in total. The molecule has 1 aliphatic heterocycles. The van der Waals surface area contributed by atoms with Gasteiger partial charge in [-0.25, -0.2) is 4.39 Å². The van der Waals surface area contributed by atoms with E-state index in [1.807, 2.05) is 0 Å². The summed E-state index contributed by atoms with van der Waals surface area (Å²) in [6.45, 7) is 0. The lowest BCUT2D eigenvalue weighted by Crippen LogP contribution is -2.15. The van der Waals surface area contributed by atoms with Crippen molar-refractivity contribution >= 4 is 23.2 Å². The van der Waals surface area contributed by atoms with Crippen molar-refractivity contribution in [3.05, 3.63) is 83.7 Å². The molecule has 0 saturated heterocycles. The highest BCUT2D eigenvalue weighted by Crippen LogP contribution is 2.36. The van der Waals surface area contributed by atoms with Gasteiger partial charge in [0.15, 0.2) is 5.75 Å². The molecule has 0 radical (unpaired) electrons. The number of anilines is 2. The maximum absolute atomic E-state index is 13.7. The molecular weight excluding hydrogens is 335 g/mol. The second-order valence-electron chi connectivity index (χ2n) is 5.70. The zero-order valence-corrected chi connectivity index (χ0v) is 13.5. The first kappa shape index (κ1) is 15.8. The summed E-state index contributed by atoms with van der Waals surface area (Å²) in [6, 6.07) is 17.4. The Hall–Kier alpha value is -3.67. The number of nitrogens with one attached hydrogen (secondary N) is 2. The molecule has 0 atom stereocenters. The van der Waals surface area contributed by atoms with Crippen LogP contribution in [0.1, 0.15) is 20.7 Å². The SMILES string of the molecule is O=C(Nc1ccc2c(c1)C(=O)Nc1ccccc1O2)c1ccccc1F. The number of benzene rings is 3. The van der Waals surface area contributed by atoms with Gasteiger partial charge < -0.3 is 15.4 Å². The predicted molar refractivity (Wildman–Crippen MR) is 95.3 cm³/mol. The molecule has 26 heavy (non-hydrogen) atoms. The summed E-state index contributed by atoms with van der Waals surface area (Å²) in [5, 5.41) is 5.36. The minimum Gasteiger partial charge on any atom is -0.454 e. The van der Waals surface area contributed by atoms with Gasteiger partial charge in [0.2, 0.25) is 0 Å². The van der Waals surface area contributed by atoms with Crippen molar-refractivity contribution in [3.8, 4) is 11.5 Å². The van der Waals surface area contributed by atoms with Crippen LogP contribution in [0, 0.1) is 5.82 Å². The van der Waals surface area contributed by atoms with E-state index in [2.05, 4.69) is 10.6 Å². The zero-order valence-electron chi connectivity index (χ0n) is 13.5. The summed E-state index contributed by atoms with van der Waals surface area (Å²) in [6.07, 6.45) is 0. The molecule has 1 aliphatic rings. The zero-order chi connectivity index (χ0) is 18.1. The van der Waals surface area contributed by atoms with Crippen LogP contribution < -0.4 is 15.4 Å². The number of rotatable bonds is 2. The molecule has 0 saturated carbocycles. The van der Waals surface area contributed by atoms with Gasteiger partial charge in [0, 0.05) is 5.69 Å². The fraction of sp³-hybridized carbons (Fsp3) is 0. The molecule has 2 N–H and O–H groups in total. The average Bonchev–Trinajstić information content (AvgIpc) is 2.78. The smallest absolute Gasteiger partial charge is 0.259 e. The number of ether oxygens (including phenoxy) is 1. The number of carbonyl (C=O) groups is 2. The molecule has 0 fully saturated rings. The van der Waals surface area contributed by atoms with Gasteiger partial charge in [0.25, 0.3) is 11.8 Å². The normalized spacial score (nSPS) is 12.1. The van der Waals surface area contributed by atoms with Gasteiger partial charge in [0.05, 0.1) is 16.8 Å². The molecular formula is C20H13FN2O3. The first-order valence-electron chi connectivity index (χ1n) is 7.90. The average molecular weight is 348 g/mol. The molecule has 0 aliphatic carbocycles. The van der Waals surface area contributed by atoms with E-state index in [0.717, 1.165) is 0 Å². The molecule has 0 spiro atoms. The van der Waals surface area contributed by atoms with E-state index in [1.165, 1.54) is 24.3 Å². The molecule has 3 aromatic carbocycles. The van der Waals surface area contributed by atoms with Crippen LogP contribution in [0.2, 0.25) is 0 Å². The summed E-state index contributed by atoms with van der Waals surface area (Å²) < 4.78 is 19.5.